The highest BCUT2D eigenvalue weighted by molar-refractivity contribution is 5.94. The van der Waals surface area contributed by atoms with Crippen LogP contribution in [0.1, 0.15) is 44.1 Å². The maximum Gasteiger partial charge on any atom is 0.298 e. The van der Waals surface area contributed by atoms with E-state index in [0.29, 0.717) is 24.9 Å². The lowest BCUT2D eigenvalue weighted by Crippen LogP contribution is -2.44. The van der Waals surface area contributed by atoms with Crippen molar-refractivity contribution in [2.24, 2.45) is 5.92 Å². The van der Waals surface area contributed by atoms with E-state index in [1.54, 1.807) is 0 Å². The fourth-order valence-electron chi connectivity index (χ4n) is 4.30. The summed E-state index contributed by atoms with van der Waals surface area (Å²) < 4.78 is 0. The number of hydrogen-bond acceptors (Lipinski definition) is 3. The van der Waals surface area contributed by atoms with E-state index < -0.39 is 0 Å². The first-order valence-corrected chi connectivity index (χ1v) is 10.8. The van der Waals surface area contributed by atoms with Gasteiger partial charge < -0.3 is 14.7 Å². The third-order valence-corrected chi connectivity index (χ3v) is 6.29. The number of likely N-dealkylation sites (tertiary alicyclic amines) is 2. The van der Waals surface area contributed by atoms with Crippen LogP contribution in [-0.2, 0) is 9.59 Å². The van der Waals surface area contributed by atoms with Gasteiger partial charge in [0.1, 0.15) is 0 Å². The van der Waals surface area contributed by atoms with Gasteiger partial charge >= 0.3 is 0 Å². The minimum atomic E-state index is -0.103. The second-order valence-corrected chi connectivity index (χ2v) is 8.45. The molecule has 0 spiro atoms. The zero-order valence-electron chi connectivity index (χ0n) is 17.8. The summed E-state index contributed by atoms with van der Waals surface area (Å²) in [5, 5.41) is 0. The van der Waals surface area contributed by atoms with Crippen LogP contribution in [0, 0.1) is 17.8 Å². The van der Waals surface area contributed by atoms with Crippen LogP contribution in [0.4, 0.5) is 0 Å². The van der Waals surface area contributed by atoms with Crippen LogP contribution in [0.15, 0.2) is 30.3 Å². The first-order valence-electron chi connectivity index (χ1n) is 10.8. The summed E-state index contributed by atoms with van der Waals surface area (Å²) in [6.07, 6.45) is 5.62. The molecule has 2 heterocycles. The molecule has 0 aliphatic carbocycles. The predicted octanol–water partition coefficient (Wildman–Crippen LogP) is 2.61. The van der Waals surface area contributed by atoms with Gasteiger partial charge in [0.15, 0.2) is 0 Å². The summed E-state index contributed by atoms with van der Waals surface area (Å²) in [7, 11) is 4.09. The van der Waals surface area contributed by atoms with E-state index in [0.717, 1.165) is 57.3 Å². The van der Waals surface area contributed by atoms with Crippen LogP contribution in [-0.4, -0.2) is 72.8 Å². The number of piperidine rings is 2. The molecule has 29 heavy (non-hydrogen) atoms. The fraction of sp³-hybridized carbons (Fsp3) is 0.583. The molecule has 2 fully saturated rings. The molecule has 2 saturated heterocycles. The molecule has 2 aliphatic rings. The molecule has 0 saturated carbocycles. The van der Waals surface area contributed by atoms with Crippen molar-refractivity contribution >= 4 is 11.8 Å². The minimum Gasteiger partial charge on any atom is -0.343 e. The Bertz CT molecular complexity index is 744. The molecule has 0 radical (unpaired) electrons. The largest absolute Gasteiger partial charge is 0.343 e. The minimum absolute atomic E-state index is 0.103. The smallest absolute Gasteiger partial charge is 0.298 e. The Kier molecular flexibility index (Phi) is 7.71. The van der Waals surface area contributed by atoms with Crippen molar-refractivity contribution in [1.29, 1.82) is 0 Å². The van der Waals surface area contributed by atoms with Gasteiger partial charge in [-0.2, -0.15) is 0 Å². The molecule has 3 rings (SSSR count). The van der Waals surface area contributed by atoms with Crippen molar-refractivity contribution < 1.29 is 9.59 Å². The molecule has 1 atom stereocenters. The lowest BCUT2D eigenvalue weighted by Gasteiger charge is -2.36. The summed E-state index contributed by atoms with van der Waals surface area (Å²) in [5.74, 6) is 6.26. The quantitative estimate of drug-likeness (QED) is 0.736. The van der Waals surface area contributed by atoms with Crippen molar-refractivity contribution in [3.05, 3.63) is 35.9 Å². The molecule has 5 nitrogen and oxygen atoms in total. The number of nitrogens with zero attached hydrogens (tertiary/aromatic N) is 3. The summed E-state index contributed by atoms with van der Waals surface area (Å²) in [6.45, 7) is 3.60. The Hall–Kier alpha value is -2.32. The van der Waals surface area contributed by atoms with Gasteiger partial charge in [0.2, 0.25) is 5.91 Å². The highest BCUT2D eigenvalue weighted by Gasteiger charge is 2.26. The van der Waals surface area contributed by atoms with Crippen LogP contribution in [0.25, 0.3) is 0 Å². The summed E-state index contributed by atoms with van der Waals surface area (Å²) in [6, 6.07) is 9.97. The molecular formula is C24H33N3O2. The maximum absolute atomic E-state index is 12.7. The molecular weight excluding hydrogens is 362 g/mol. The van der Waals surface area contributed by atoms with Crippen LogP contribution >= 0.6 is 0 Å². The normalized spacial score (nSPS) is 20.6. The lowest BCUT2D eigenvalue weighted by molar-refractivity contribution is -0.133. The van der Waals surface area contributed by atoms with E-state index in [1.807, 2.05) is 47.2 Å². The van der Waals surface area contributed by atoms with Gasteiger partial charge in [0.05, 0.1) is 0 Å². The Labute approximate surface area is 175 Å². The standard InChI is InChI=1S/C24H33N3O2/c1-25-17-14-22(15-18-25)26(2)23(28)12-11-21-9-6-16-27(19-21)24(29)13-10-20-7-4-3-5-8-20/h3-5,7-8,21-22H,6,9,11-12,14-19H2,1-2H3/t21-/m1/s1. The number of amides is 2. The zero-order valence-corrected chi connectivity index (χ0v) is 17.8. The molecule has 0 N–H and O–H groups in total. The van der Waals surface area contributed by atoms with Gasteiger partial charge in [-0.3, -0.25) is 9.59 Å². The molecule has 156 valence electrons. The third-order valence-electron chi connectivity index (χ3n) is 6.29. The zero-order chi connectivity index (χ0) is 20.6. The molecule has 0 unspecified atom stereocenters. The number of benzene rings is 1. The van der Waals surface area contributed by atoms with Gasteiger partial charge in [-0.05, 0) is 70.3 Å². The third kappa shape index (κ3) is 6.33. The van der Waals surface area contributed by atoms with Gasteiger partial charge in [-0.1, -0.05) is 24.1 Å². The van der Waals surface area contributed by atoms with Crippen molar-refractivity contribution in [3.8, 4) is 11.8 Å². The SMILES string of the molecule is CN1CCC(N(C)C(=O)CC[C@H]2CCCN(C(=O)C#Cc3ccccc3)C2)CC1. The Morgan fingerprint density at radius 3 is 2.55 bits per heavy atom. The van der Waals surface area contributed by atoms with Crippen LogP contribution in [0.5, 0.6) is 0 Å². The molecule has 1 aromatic carbocycles. The number of hydrogen-bond donors (Lipinski definition) is 0. The van der Waals surface area contributed by atoms with Gasteiger partial charge in [0.25, 0.3) is 5.91 Å². The summed E-state index contributed by atoms with van der Waals surface area (Å²) in [5.41, 5.74) is 0.858. The summed E-state index contributed by atoms with van der Waals surface area (Å²) >= 11 is 0. The van der Waals surface area contributed by atoms with E-state index in [9.17, 15) is 9.59 Å². The number of carbonyl (C=O) groups excluding carboxylic acids is 2. The molecule has 2 amide bonds. The van der Waals surface area contributed by atoms with Crippen LogP contribution in [0.2, 0.25) is 0 Å². The average molecular weight is 396 g/mol. The first-order chi connectivity index (χ1) is 14.0. The van der Waals surface area contributed by atoms with E-state index >= 15 is 0 Å². The molecule has 0 aromatic heterocycles. The Balaban J connectivity index is 1.45. The summed E-state index contributed by atoms with van der Waals surface area (Å²) in [4.78, 5) is 31.3. The van der Waals surface area contributed by atoms with Crippen molar-refractivity contribution in [3.63, 3.8) is 0 Å². The van der Waals surface area contributed by atoms with Gasteiger partial charge in [-0.15, -0.1) is 0 Å². The van der Waals surface area contributed by atoms with Gasteiger partial charge in [-0.25, -0.2) is 0 Å². The Morgan fingerprint density at radius 1 is 1.10 bits per heavy atom. The highest BCUT2D eigenvalue weighted by Crippen LogP contribution is 2.22. The van der Waals surface area contributed by atoms with Crippen molar-refractivity contribution in [2.45, 2.75) is 44.6 Å². The van der Waals surface area contributed by atoms with E-state index in [-0.39, 0.29) is 11.8 Å². The first kappa shape index (κ1) is 21.4. The maximum atomic E-state index is 12.7. The highest BCUT2D eigenvalue weighted by atomic mass is 16.2. The van der Waals surface area contributed by atoms with E-state index in [4.69, 9.17) is 0 Å². The van der Waals surface area contributed by atoms with Crippen molar-refractivity contribution in [1.82, 2.24) is 14.7 Å². The average Bonchev–Trinajstić information content (AvgIpc) is 2.76. The molecule has 1 aromatic rings. The van der Waals surface area contributed by atoms with E-state index in [2.05, 4.69) is 23.8 Å². The molecule has 5 heteroatoms. The molecule has 2 aliphatic heterocycles. The fourth-order valence-corrected chi connectivity index (χ4v) is 4.30. The van der Waals surface area contributed by atoms with Crippen LogP contribution < -0.4 is 0 Å². The second-order valence-electron chi connectivity index (χ2n) is 8.45. The number of rotatable bonds is 4. The van der Waals surface area contributed by atoms with E-state index in [1.165, 1.54) is 0 Å². The van der Waals surface area contributed by atoms with Crippen LogP contribution in [0.3, 0.4) is 0 Å². The lowest BCUT2D eigenvalue weighted by atomic mass is 9.92. The van der Waals surface area contributed by atoms with Gasteiger partial charge in [0, 0.05) is 44.1 Å². The Morgan fingerprint density at radius 2 is 1.83 bits per heavy atom. The topological polar surface area (TPSA) is 43.9 Å². The number of carbonyl (C=O) groups is 2. The second kappa shape index (κ2) is 10.5. The molecule has 0 bridgehead atoms. The van der Waals surface area contributed by atoms with Crippen molar-refractivity contribution in [2.75, 3.05) is 40.3 Å². The monoisotopic (exact) mass is 395 g/mol. The predicted molar refractivity (Wildman–Crippen MR) is 115 cm³/mol.